The van der Waals surface area contributed by atoms with E-state index in [1.807, 2.05) is 5.38 Å². The number of carboxylic acids is 1. The highest BCUT2D eigenvalue weighted by atomic mass is 35.5. The summed E-state index contributed by atoms with van der Waals surface area (Å²) < 4.78 is 51.0. The molecule has 0 spiro atoms. The van der Waals surface area contributed by atoms with Gasteiger partial charge in [0.1, 0.15) is 11.9 Å². The number of esters is 1. The van der Waals surface area contributed by atoms with Gasteiger partial charge in [-0.2, -0.15) is 13.2 Å². The summed E-state index contributed by atoms with van der Waals surface area (Å²) in [5.41, 5.74) is 1.72. The lowest BCUT2D eigenvalue weighted by Crippen LogP contribution is -2.40. The molecule has 194 valence electrons. The molecule has 1 saturated heterocycles. The van der Waals surface area contributed by atoms with Crippen LogP contribution in [0.5, 0.6) is 0 Å². The lowest BCUT2D eigenvalue weighted by atomic mass is 9.86. The van der Waals surface area contributed by atoms with E-state index in [1.165, 1.54) is 30.6 Å². The van der Waals surface area contributed by atoms with Gasteiger partial charge in [-0.05, 0) is 43.6 Å². The van der Waals surface area contributed by atoms with E-state index in [4.69, 9.17) is 31.2 Å². The predicted octanol–water partition coefficient (Wildman–Crippen LogP) is 4.09. The van der Waals surface area contributed by atoms with Gasteiger partial charge in [0.25, 0.3) is 0 Å². The normalized spacial score (nSPS) is 18.5. The van der Waals surface area contributed by atoms with Crippen LogP contribution in [0.25, 0.3) is 0 Å². The van der Waals surface area contributed by atoms with Crippen molar-refractivity contribution < 1.29 is 37.0 Å². The van der Waals surface area contributed by atoms with Crippen molar-refractivity contribution in [1.29, 1.82) is 0 Å². The fourth-order valence-electron chi connectivity index (χ4n) is 3.70. The van der Waals surface area contributed by atoms with Crippen molar-refractivity contribution in [2.75, 3.05) is 20.2 Å². The third-order valence-corrected chi connectivity index (χ3v) is 6.45. The lowest BCUT2D eigenvalue weighted by Gasteiger charge is -2.33. The first-order chi connectivity index (χ1) is 17.0. The fourth-order valence-corrected chi connectivity index (χ4v) is 4.41. The molecule has 1 fully saturated rings. The van der Waals surface area contributed by atoms with E-state index in [0.29, 0.717) is 22.0 Å². The maximum atomic E-state index is 14.2. The van der Waals surface area contributed by atoms with Gasteiger partial charge < -0.3 is 20.5 Å². The summed E-state index contributed by atoms with van der Waals surface area (Å²) in [6.45, 7) is 1.71. The number of thiazole rings is 1. The summed E-state index contributed by atoms with van der Waals surface area (Å²) in [5, 5.41) is 16.4. The summed E-state index contributed by atoms with van der Waals surface area (Å²) in [7, 11) is 1.34. The summed E-state index contributed by atoms with van der Waals surface area (Å²) in [6.07, 6.45) is -1.64. The van der Waals surface area contributed by atoms with E-state index in [0.717, 1.165) is 31.6 Å². The second kappa shape index (κ2) is 11.8. The fraction of sp³-hybridized carbons (Fsp3) is 0.364. The minimum absolute atomic E-state index is 0.0222. The number of carbonyl (C=O) groups is 2. The number of methoxy groups -OCH3 is 1. The van der Waals surface area contributed by atoms with Gasteiger partial charge in [0.15, 0.2) is 10.8 Å². The molecule has 0 amide bonds. The van der Waals surface area contributed by atoms with Gasteiger partial charge in [0.2, 0.25) is 0 Å². The smallest absolute Gasteiger partial charge is 0.475 e. The molecule has 0 radical (unpaired) electrons. The molecule has 36 heavy (non-hydrogen) atoms. The first-order valence-electron chi connectivity index (χ1n) is 10.6. The molecule has 3 heterocycles. The van der Waals surface area contributed by atoms with E-state index >= 15 is 0 Å². The number of aromatic nitrogens is 1. The molecule has 0 aliphatic carbocycles. The number of alkyl halides is 3. The zero-order valence-electron chi connectivity index (χ0n) is 18.7. The number of hydrogen-bond donors (Lipinski definition) is 3. The van der Waals surface area contributed by atoms with Crippen molar-refractivity contribution in [1.82, 2.24) is 15.6 Å². The van der Waals surface area contributed by atoms with Crippen molar-refractivity contribution in [2.24, 2.45) is 10.9 Å². The maximum Gasteiger partial charge on any atom is 0.490 e. The largest absolute Gasteiger partial charge is 0.490 e. The first kappa shape index (κ1) is 27.6. The number of allylic oxidation sites excluding steroid dienone is 1. The van der Waals surface area contributed by atoms with Crippen LogP contribution in [0.3, 0.4) is 0 Å². The van der Waals surface area contributed by atoms with Crippen LogP contribution in [0.1, 0.15) is 29.5 Å². The molecule has 4 rings (SSSR count). The van der Waals surface area contributed by atoms with E-state index in [2.05, 4.69) is 15.6 Å². The number of carboxylic acid groups (broad SMARTS) is 1. The van der Waals surface area contributed by atoms with Gasteiger partial charge in [-0.1, -0.05) is 17.7 Å². The Morgan fingerprint density at radius 3 is 2.44 bits per heavy atom. The third kappa shape index (κ3) is 6.59. The van der Waals surface area contributed by atoms with E-state index < -0.39 is 30.0 Å². The molecule has 0 saturated carbocycles. The topological polar surface area (TPSA) is 113 Å². The number of ether oxygens (including phenoxy) is 1. The number of benzene rings is 1. The molecule has 2 aliphatic rings. The SMILES string of the molecule is COC(=O)C1=C(C2CCNCC2)NC(c2nccs2)=NC1c1ccc(Cl)c(F)c1.O=C(O)C(F)(F)F. The van der Waals surface area contributed by atoms with Crippen LogP contribution in [0, 0.1) is 11.7 Å². The highest BCUT2D eigenvalue weighted by molar-refractivity contribution is 7.11. The highest BCUT2D eigenvalue weighted by Gasteiger charge is 2.38. The predicted molar refractivity (Wildman–Crippen MR) is 124 cm³/mol. The lowest BCUT2D eigenvalue weighted by molar-refractivity contribution is -0.192. The van der Waals surface area contributed by atoms with Crippen molar-refractivity contribution in [3.05, 3.63) is 62.5 Å². The number of amidine groups is 1. The Kier molecular flexibility index (Phi) is 9.03. The standard InChI is InChI=1S/C20H20ClFN4O2S.C2HF3O2/c1-28-20(27)15-16(11-4-6-23-7-5-11)25-18(19-24-8-9-29-19)26-17(15)12-2-3-13(21)14(22)10-12;3-2(4,5)1(6)7/h2-3,8-11,17,23H,4-7H2,1H3,(H,25,26);(H,6,7). The number of hydrogen-bond acceptors (Lipinski definition) is 8. The molecule has 14 heteroatoms. The van der Waals surface area contributed by atoms with Crippen LogP contribution >= 0.6 is 22.9 Å². The van der Waals surface area contributed by atoms with Crippen LogP contribution in [0.15, 0.2) is 46.0 Å². The van der Waals surface area contributed by atoms with Crippen molar-refractivity contribution >= 4 is 40.7 Å². The molecule has 1 unspecified atom stereocenters. The molecule has 2 aliphatic heterocycles. The van der Waals surface area contributed by atoms with Crippen LogP contribution in [0.4, 0.5) is 17.6 Å². The summed E-state index contributed by atoms with van der Waals surface area (Å²) in [6, 6.07) is 3.78. The minimum atomic E-state index is -5.08. The number of aliphatic imine (C=N–C) groups is 1. The Hall–Kier alpha value is -3.03. The van der Waals surface area contributed by atoms with Crippen LogP contribution < -0.4 is 10.6 Å². The van der Waals surface area contributed by atoms with Gasteiger partial charge >= 0.3 is 18.1 Å². The van der Waals surface area contributed by atoms with E-state index in [-0.39, 0.29) is 10.9 Å². The van der Waals surface area contributed by atoms with Crippen LogP contribution in [-0.4, -0.2) is 54.2 Å². The highest BCUT2D eigenvalue weighted by Crippen LogP contribution is 2.37. The Morgan fingerprint density at radius 1 is 1.25 bits per heavy atom. The molecule has 1 atom stereocenters. The van der Waals surface area contributed by atoms with Crippen LogP contribution in [0.2, 0.25) is 5.02 Å². The zero-order chi connectivity index (χ0) is 26.5. The van der Waals surface area contributed by atoms with Gasteiger partial charge in [0.05, 0.1) is 17.7 Å². The molecule has 1 aromatic heterocycles. The number of carbonyl (C=O) groups excluding carboxylic acids is 1. The average molecular weight is 549 g/mol. The van der Waals surface area contributed by atoms with Crippen molar-refractivity contribution in [2.45, 2.75) is 25.1 Å². The second-order valence-electron chi connectivity index (χ2n) is 7.66. The number of nitrogens with zero attached hydrogens (tertiary/aromatic N) is 2. The first-order valence-corrected chi connectivity index (χ1v) is 11.8. The quantitative estimate of drug-likeness (QED) is 0.390. The second-order valence-corrected chi connectivity index (χ2v) is 8.96. The Labute approximate surface area is 212 Å². The summed E-state index contributed by atoms with van der Waals surface area (Å²) >= 11 is 7.31. The monoisotopic (exact) mass is 548 g/mol. The number of aliphatic carboxylic acids is 1. The Bertz CT molecular complexity index is 1170. The van der Waals surface area contributed by atoms with Gasteiger partial charge in [-0.3, -0.25) is 4.99 Å². The van der Waals surface area contributed by atoms with Crippen LogP contribution in [-0.2, 0) is 14.3 Å². The average Bonchev–Trinajstić information content (AvgIpc) is 3.40. The summed E-state index contributed by atoms with van der Waals surface area (Å²) in [4.78, 5) is 30.8. The van der Waals surface area contributed by atoms with E-state index in [9.17, 15) is 22.4 Å². The molecule has 3 N–H and O–H groups in total. The third-order valence-electron chi connectivity index (χ3n) is 5.36. The molecule has 0 bridgehead atoms. The minimum Gasteiger partial charge on any atom is -0.475 e. The Balaban J connectivity index is 0.000000454. The summed E-state index contributed by atoms with van der Waals surface area (Å²) in [5.74, 6) is -3.08. The molecular formula is C22H21ClF4N4O4S. The Morgan fingerprint density at radius 2 is 1.92 bits per heavy atom. The molecular weight excluding hydrogens is 528 g/mol. The number of rotatable bonds is 4. The van der Waals surface area contributed by atoms with Crippen molar-refractivity contribution in [3.8, 4) is 0 Å². The van der Waals surface area contributed by atoms with Gasteiger partial charge in [-0.15, -0.1) is 11.3 Å². The van der Waals surface area contributed by atoms with Crippen molar-refractivity contribution in [3.63, 3.8) is 0 Å². The van der Waals surface area contributed by atoms with E-state index in [1.54, 1.807) is 12.3 Å². The van der Waals surface area contributed by atoms with Gasteiger partial charge in [-0.25, -0.2) is 19.0 Å². The number of halogens is 5. The van der Waals surface area contributed by atoms with Gasteiger partial charge in [0, 0.05) is 23.2 Å². The number of piperidine rings is 1. The molecule has 1 aromatic carbocycles. The number of nitrogens with one attached hydrogen (secondary N) is 2. The molecule has 8 nitrogen and oxygen atoms in total. The molecule has 2 aromatic rings. The maximum absolute atomic E-state index is 14.2. The zero-order valence-corrected chi connectivity index (χ0v) is 20.3.